The molecule has 1 N–H and O–H groups in total. The third kappa shape index (κ3) is 3.64. The predicted octanol–water partition coefficient (Wildman–Crippen LogP) is 3.77. The highest BCUT2D eigenvalue weighted by Gasteiger charge is 2.30. The summed E-state index contributed by atoms with van der Waals surface area (Å²) in [6.07, 6.45) is 4.19. The number of piperidine rings is 1. The number of ketones is 1. The van der Waals surface area contributed by atoms with E-state index in [4.69, 9.17) is 4.74 Å². The molecule has 2 heterocycles. The van der Waals surface area contributed by atoms with Crippen LogP contribution in [0, 0.1) is 12.8 Å². The van der Waals surface area contributed by atoms with Gasteiger partial charge in [0, 0.05) is 30.8 Å². The Morgan fingerprint density at radius 2 is 1.93 bits per heavy atom. The average molecular weight is 366 g/mol. The summed E-state index contributed by atoms with van der Waals surface area (Å²) in [5.74, 6) is 1.56. The summed E-state index contributed by atoms with van der Waals surface area (Å²) in [6.45, 7) is 4.06. The lowest BCUT2D eigenvalue weighted by molar-refractivity contribution is 0.0655. The Balaban J connectivity index is 1.36. The number of carbonyl (C=O) groups is 2. The number of likely N-dealkylation sites (tertiary alicyclic amines) is 1. The molecule has 5 heteroatoms. The van der Waals surface area contributed by atoms with Crippen molar-refractivity contribution in [1.82, 2.24) is 9.88 Å². The Hall–Kier alpha value is -2.56. The Morgan fingerprint density at radius 1 is 1.19 bits per heavy atom. The van der Waals surface area contributed by atoms with E-state index in [2.05, 4.69) is 4.98 Å². The number of amides is 1. The molecule has 0 bridgehead atoms. The summed E-state index contributed by atoms with van der Waals surface area (Å²) in [6, 6.07) is 9.86. The lowest BCUT2D eigenvalue weighted by atomic mass is 9.93. The van der Waals surface area contributed by atoms with E-state index >= 15 is 0 Å². The Bertz CT molecular complexity index is 833. The number of carbonyl (C=O) groups excluding carboxylic acids is 2. The summed E-state index contributed by atoms with van der Waals surface area (Å²) in [5, 5.41) is 0. The van der Waals surface area contributed by atoms with Gasteiger partial charge in [-0.25, -0.2) is 0 Å². The topological polar surface area (TPSA) is 62.4 Å². The second-order valence-corrected chi connectivity index (χ2v) is 7.61. The molecule has 27 heavy (non-hydrogen) atoms. The minimum atomic E-state index is 0.0251. The number of fused-ring (bicyclic) bond motifs is 1. The van der Waals surface area contributed by atoms with Gasteiger partial charge in [-0.3, -0.25) is 9.59 Å². The number of H-pyrrole nitrogens is 1. The average Bonchev–Trinajstić information content (AvgIpc) is 3.05. The molecule has 4 rings (SSSR count). The number of nitrogens with zero attached hydrogens (tertiary/aromatic N) is 1. The van der Waals surface area contributed by atoms with Crippen LogP contribution in [0.3, 0.4) is 0 Å². The van der Waals surface area contributed by atoms with Crippen LogP contribution in [0.5, 0.6) is 5.75 Å². The Kier molecular flexibility index (Phi) is 5.01. The van der Waals surface area contributed by atoms with Gasteiger partial charge in [0.1, 0.15) is 11.4 Å². The molecular formula is C22H26N2O3. The van der Waals surface area contributed by atoms with Crippen molar-refractivity contribution in [3.63, 3.8) is 0 Å². The first-order valence-electron chi connectivity index (χ1n) is 9.85. The van der Waals surface area contributed by atoms with Crippen molar-refractivity contribution in [2.24, 2.45) is 5.92 Å². The molecule has 1 aromatic heterocycles. The summed E-state index contributed by atoms with van der Waals surface area (Å²) in [4.78, 5) is 30.3. The fourth-order valence-electron chi connectivity index (χ4n) is 4.18. The van der Waals surface area contributed by atoms with Crippen molar-refractivity contribution in [1.29, 1.82) is 0 Å². The Labute approximate surface area is 159 Å². The smallest absolute Gasteiger partial charge is 0.270 e. The largest absolute Gasteiger partial charge is 0.493 e. The number of hydrogen-bond donors (Lipinski definition) is 1. The molecule has 0 radical (unpaired) electrons. The molecule has 142 valence electrons. The molecule has 1 fully saturated rings. The van der Waals surface area contributed by atoms with Gasteiger partial charge in [0.05, 0.1) is 6.61 Å². The molecule has 5 nitrogen and oxygen atoms in total. The van der Waals surface area contributed by atoms with Crippen LogP contribution >= 0.6 is 0 Å². The third-order valence-corrected chi connectivity index (χ3v) is 5.78. The van der Waals surface area contributed by atoms with Gasteiger partial charge in [0.15, 0.2) is 5.78 Å². The second-order valence-electron chi connectivity index (χ2n) is 7.61. The van der Waals surface area contributed by atoms with E-state index in [9.17, 15) is 9.59 Å². The van der Waals surface area contributed by atoms with Crippen molar-refractivity contribution in [3.05, 3.63) is 52.8 Å². The molecule has 0 unspecified atom stereocenters. The molecule has 1 saturated heterocycles. The second kappa shape index (κ2) is 7.59. The normalized spacial score (nSPS) is 17.7. The van der Waals surface area contributed by atoms with Crippen LogP contribution in [-0.4, -0.2) is 41.3 Å². The lowest BCUT2D eigenvalue weighted by Gasteiger charge is -2.31. The maximum absolute atomic E-state index is 13.0. The molecule has 0 spiro atoms. The van der Waals surface area contributed by atoms with E-state index < -0.39 is 0 Å². The van der Waals surface area contributed by atoms with Crippen LogP contribution in [0.15, 0.2) is 30.3 Å². The van der Waals surface area contributed by atoms with Crippen LogP contribution < -0.4 is 4.74 Å². The van der Waals surface area contributed by atoms with Gasteiger partial charge < -0.3 is 14.6 Å². The van der Waals surface area contributed by atoms with E-state index in [0.29, 0.717) is 24.6 Å². The van der Waals surface area contributed by atoms with E-state index in [0.717, 1.165) is 61.3 Å². The zero-order chi connectivity index (χ0) is 18.8. The fraction of sp³-hybridized carbons (Fsp3) is 0.455. The standard InChI is InChI=1S/C22H26N2O3/c1-15-20-18(8-5-9-19(20)25)23-21(15)22(26)24-12-10-16(11-13-24)14-27-17-6-3-2-4-7-17/h2-4,6-7,16,23H,5,8-14H2,1H3. The van der Waals surface area contributed by atoms with E-state index in [1.54, 1.807) is 0 Å². The number of ether oxygens (including phenoxy) is 1. The zero-order valence-electron chi connectivity index (χ0n) is 15.8. The quantitative estimate of drug-likeness (QED) is 0.896. The number of rotatable bonds is 4. The lowest BCUT2D eigenvalue weighted by Crippen LogP contribution is -2.40. The zero-order valence-corrected chi connectivity index (χ0v) is 15.8. The molecule has 1 aromatic carbocycles. The number of benzene rings is 1. The van der Waals surface area contributed by atoms with Gasteiger partial charge in [-0.05, 0) is 56.2 Å². The maximum Gasteiger partial charge on any atom is 0.270 e. The van der Waals surface area contributed by atoms with Crippen molar-refractivity contribution < 1.29 is 14.3 Å². The van der Waals surface area contributed by atoms with Crippen molar-refractivity contribution >= 4 is 11.7 Å². The number of aromatic nitrogens is 1. The van der Waals surface area contributed by atoms with Gasteiger partial charge in [-0.2, -0.15) is 0 Å². The van der Waals surface area contributed by atoms with Crippen molar-refractivity contribution in [2.45, 2.75) is 39.0 Å². The number of aromatic amines is 1. The number of aryl methyl sites for hydroxylation is 1. The number of Topliss-reactive ketones (excluding diaryl/α,β-unsaturated/α-hetero) is 1. The molecule has 0 saturated carbocycles. The number of nitrogens with one attached hydrogen (secondary N) is 1. The van der Waals surface area contributed by atoms with Crippen LogP contribution in [0.2, 0.25) is 0 Å². The summed E-state index contributed by atoms with van der Waals surface area (Å²) >= 11 is 0. The Morgan fingerprint density at radius 3 is 2.63 bits per heavy atom. The molecule has 2 aromatic rings. The van der Waals surface area contributed by atoms with Gasteiger partial charge in [0.25, 0.3) is 5.91 Å². The summed E-state index contributed by atoms with van der Waals surface area (Å²) in [5.41, 5.74) is 3.14. The number of para-hydroxylation sites is 1. The minimum Gasteiger partial charge on any atom is -0.493 e. The van der Waals surface area contributed by atoms with Gasteiger partial charge >= 0.3 is 0 Å². The first-order valence-corrected chi connectivity index (χ1v) is 9.85. The molecule has 1 aliphatic heterocycles. The van der Waals surface area contributed by atoms with Crippen molar-refractivity contribution in [2.75, 3.05) is 19.7 Å². The molecule has 1 aliphatic carbocycles. The minimum absolute atomic E-state index is 0.0251. The monoisotopic (exact) mass is 366 g/mol. The van der Waals surface area contributed by atoms with E-state index in [1.165, 1.54) is 0 Å². The van der Waals surface area contributed by atoms with Gasteiger partial charge in [0.2, 0.25) is 0 Å². The first-order chi connectivity index (χ1) is 13.1. The maximum atomic E-state index is 13.0. The SMILES string of the molecule is Cc1c(C(=O)N2CCC(COc3ccccc3)CC2)[nH]c2c1C(=O)CCC2. The number of hydrogen-bond acceptors (Lipinski definition) is 3. The highest BCUT2D eigenvalue weighted by molar-refractivity contribution is 6.04. The highest BCUT2D eigenvalue weighted by Crippen LogP contribution is 2.28. The van der Waals surface area contributed by atoms with Gasteiger partial charge in [-0.1, -0.05) is 18.2 Å². The fourth-order valence-corrected chi connectivity index (χ4v) is 4.18. The predicted molar refractivity (Wildman–Crippen MR) is 103 cm³/mol. The third-order valence-electron chi connectivity index (χ3n) is 5.78. The summed E-state index contributed by atoms with van der Waals surface area (Å²) < 4.78 is 5.86. The molecular weight excluding hydrogens is 340 g/mol. The van der Waals surface area contributed by atoms with Crippen LogP contribution in [0.4, 0.5) is 0 Å². The molecule has 2 aliphatic rings. The van der Waals surface area contributed by atoms with Crippen LogP contribution in [-0.2, 0) is 6.42 Å². The first kappa shape index (κ1) is 17.8. The van der Waals surface area contributed by atoms with E-state index in [1.807, 2.05) is 42.2 Å². The molecule has 1 amide bonds. The van der Waals surface area contributed by atoms with Crippen LogP contribution in [0.25, 0.3) is 0 Å². The van der Waals surface area contributed by atoms with Gasteiger partial charge in [-0.15, -0.1) is 0 Å². The van der Waals surface area contributed by atoms with Crippen LogP contribution in [0.1, 0.15) is 57.8 Å². The highest BCUT2D eigenvalue weighted by atomic mass is 16.5. The van der Waals surface area contributed by atoms with E-state index in [-0.39, 0.29) is 11.7 Å². The van der Waals surface area contributed by atoms with Crippen molar-refractivity contribution in [3.8, 4) is 5.75 Å². The summed E-state index contributed by atoms with van der Waals surface area (Å²) in [7, 11) is 0. The molecule has 0 atom stereocenters.